The van der Waals surface area contributed by atoms with E-state index in [0.717, 1.165) is 43.5 Å². The highest BCUT2D eigenvalue weighted by Crippen LogP contribution is 2.31. The highest BCUT2D eigenvalue weighted by molar-refractivity contribution is 5.68. The molecule has 0 unspecified atom stereocenters. The van der Waals surface area contributed by atoms with Crippen molar-refractivity contribution in [3.05, 3.63) is 59.3 Å². The molecule has 2 aromatic rings. The maximum absolute atomic E-state index is 12.7. The number of hydrogen-bond acceptors (Lipinski definition) is 4. The largest absolute Gasteiger partial charge is 0.444 e. The number of rotatable bonds is 4. The van der Waals surface area contributed by atoms with Gasteiger partial charge in [0, 0.05) is 18.3 Å². The number of hydrogen-bond donors (Lipinski definition) is 1. The Morgan fingerprint density at radius 2 is 1.97 bits per heavy atom. The Hall–Kier alpha value is -3.03. The van der Waals surface area contributed by atoms with Gasteiger partial charge in [-0.05, 0) is 70.2 Å². The molecule has 8 heteroatoms. The summed E-state index contributed by atoms with van der Waals surface area (Å²) in [5.41, 5.74) is 0.736. The zero-order valence-electron chi connectivity index (χ0n) is 18.3. The number of carbonyl (C=O) groups is 1. The third kappa shape index (κ3) is 7.28. The third-order valence-electron chi connectivity index (χ3n) is 4.79. The molecule has 1 aromatic heterocycles. The SMILES string of the molecule is CC(C)(C)OC(=O)N[C@@H]1CCC/C(=C\c2cccc(Oc3ccc(C(F)(F)F)cn3)c2)C1. The first kappa shape index (κ1) is 23.6. The first-order chi connectivity index (χ1) is 15.0. The van der Waals surface area contributed by atoms with Crippen LogP contribution in [-0.2, 0) is 10.9 Å². The van der Waals surface area contributed by atoms with Crippen LogP contribution >= 0.6 is 0 Å². The lowest BCUT2D eigenvalue weighted by molar-refractivity contribution is -0.137. The van der Waals surface area contributed by atoms with Crippen LogP contribution in [0.4, 0.5) is 18.0 Å². The summed E-state index contributed by atoms with van der Waals surface area (Å²) in [6, 6.07) is 9.40. The van der Waals surface area contributed by atoms with Gasteiger partial charge in [0.1, 0.15) is 11.4 Å². The highest BCUT2D eigenvalue weighted by atomic mass is 19.4. The molecule has 0 bridgehead atoms. The van der Waals surface area contributed by atoms with Gasteiger partial charge in [-0.25, -0.2) is 9.78 Å². The molecule has 1 atom stereocenters. The van der Waals surface area contributed by atoms with Crippen LogP contribution in [0.25, 0.3) is 6.08 Å². The van der Waals surface area contributed by atoms with E-state index in [0.29, 0.717) is 5.75 Å². The Bertz CT molecular complexity index is 964. The molecule has 0 spiro atoms. The van der Waals surface area contributed by atoms with Gasteiger partial charge in [0.05, 0.1) is 5.56 Å². The van der Waals surface area contributed by atoms with E-state index in [4.69, 9.17) is 9.47 Å². The molecule has 1 amide bonds. The molecule has 1 heterocycles. The normalized spacial score (nSPS) is 18.3. The summed E-state index contributed by atoms with van der Waals surface area (Å²) in [6.45, 7) is 5.48. The van der Waals surface area contributed by atoms with Gasteiger partial charge in [-0.1, -0.05) is 23.8 Å². The van der Waals surface area contributed by atoms with E-state index < -0.39 is 23.4 Å². The van der Waals surface area contributed by atoms with Crippen molar-refractivity contribution in [3.8, 4) is 11.6 Å². The van der Waals surface area contributed by atoms with Gasteiger partial charge in [0.15, 0.2) is 0 Å². The predicted octanol–water partition coefficient (Wildman–Crippen LogP) is 6.74. The van der Waals surface area contributed by atoms with Crippen molar-refractivity contribution in [2.75, 3.05) is 0 Å². The van der Waals surface area contributed by atoms with Crippen molar-refractivity contribution in [1.29, 1.82) is 0 Å². The van der Waals surface area contributed by atoms with Crippen molar-refractivity contribution >= 4 is 12.2 Å². The molecule has 0 radical (unpaired) electrons. The van der Waals surface area contributed by atoms with Gasteiger partial charge in [0.2, 0.25) is 5.88 Å². The van der Waals surface area contributed by atoms with Crippen molar-refractivity contribution in [2.24, 2.45) is 0 Å². The Morgan fingerprint density at radius 3 is 2.62 bits per heavy atom. The van der Waals surface area contributed by atoms with Gasteiger partial charge in [-0.3, -0.25) is 0 Å². The maximum Gasteiger partial charge on any atom is 0.417 e. The second-order valence-electron chi connectivity index (χ2n) is 8.80. The van der Waals surface area contributed by atoms with Gasteiger partial charge in [0.25, 0.3) is 0 Å². The molecule has 1 N–H and O–H groups in total. The Kier molecular flexibility index (Phi) is 7.11. The average Bonchev–Trinajstić information content (AvgIpc) is 2.67. The molecule has 1 aliphatic carbocycles. The number of alkyl halides is 3. The quantitative estimate of drug-likeness (QED) is 0.562. The molecule has 0 aliphatic heterocycles. The monoisotopic (exact) mass is 448 g/mol. The van der Waals surface area contributed by atoms with E-state index >= 15 is 0 Å². The second-order valence-corrected chi connectivity index (χ2v) is 8.80. The number of benzene rings is 1. The Balaban J connectivity index is 1.63. The topological polar surface area (TPSA) is 60.5 Å². The fraction of sp³-hybridized carbons (Fsp3) is 0.417. The number of nitrogens with one attached hydrogen (secondary N) is 1. The van der Waals surface area contributed by atoms with Crippen LogP contribution in [0, 0.1) is 0 Å². The summed E-state index contributed by atoms with van der Waals surface area (Å²) in [7, 11) is 0. The number of pyridine rings is 1. The van der Waals surface area contributed by atoms with Crippen LogP contribution in [0.2, 0.25) is 0 Å². The van der Waals surface area contributed by atoms with Crippen molar-refractivity contribution < 1.29 is 27.4 Å². The zero-order valence-corrected chi connectivity index (χ0v) is 18.3. The number of nitrogens with zero attached hydrogens (tertiary/aromatic N) is 1. The lowest BCUT2D eigenvalue weighted by atomic mass is 9.89. The van der Waals surface area contributed by atoms with Crippen LogP contribution in [-0.4, -0.2) is 22.7 Å². The van der Waals surface area contributed by atoms with E-state index in [1.165, 1.54) is 11.6 Å². The first-order valence-corrected chi connectivity index (χ1v) is 10.5. The first-order valence-electron chi connectivity index (χ1n) is 10.5. The molecular formula is C24H27F3N2O3. The fourth-order valence-electron chi connectivity index (χ4n) is 3.46. The summed E-state index contributed by atoms with van der Waals surface area (Å²) in [5, 5.41) is 2.94. The molecule has 1 aromatic carbocycles. The van der Waals surface area contributed by atoms with E-state index in [1.54, 1.807) is 12.1 Å². The van der Waals surface area contributed by atoms with E-state index in [2.05, 4.69) is 16.4 Å². The molecule has 32 heavy (non-hydrogen) atoms. The van der Waals surface area contributed by atoms with Crippen LogP contribution in [0.15, 0.2) is 48.2 Å². The van der Waals surface area contributed by atoms with Crippen molar-refractivity contribution in [2.45, 2.75) is 64.3 Å². The van der Waals surface area contributed by atoms with Crippen LogP contribution in [0.1, 0.15) is 57.6 Å². The number of alkyl carbamates (subject to hydrolysis) is 1. The van der Waals surface area contributed by atoms with Crippen LogP contribution in [0.3, 0.4) is 0 Å². The molecule has 3 rings (SSSR count). The molecule has 172 valence electrons. The van der Waals surface area contributed by atoms with Gasteiger partial charge in [-0.2, -0.15) is 13.2 Å². The average molecular weight is 448 g/mol. The molecule has 0 saturated heterocycles. The summed E-state index contributed by atoms with van der Waals surface area (Å²) in [4.78, 5) is 15.8. The highest BCUT2D eigenvalue weighted by Gasteiger charge is 2.30. The summed E-state index contributed by atoms with van der Waals surface area (Å²) in [5.74, 6) is 0.563. The van der Waals surface area contributed by atoms with Crippen molar-refractivity contribution in [1.82, 2.24) is 10.3 Å². The van der Waals surface area contributed by atoms with E-state index in [-0.39, 0.29) is 11.9 Å². The van der Waals surface area contributed by atoms with Gasteiger partial charge < -0.3 is 14.8 Å². The van der Waals surface area contributed by atoms with Crippen LogP contribution < -0.4 is 10.1 Å². The number of carbonyl (C=O) groups excluding carboxylic acids is 1. The van der Waals surface area contributed by atoms with E-state index in [9.17, 15) is 18.0 Å². The number of aromatic nitrogens is 1. The minimum Gasteiger partial charge on any atom is -0.444 e. The standard InChI is InChI=1S/C24H27F3N2O3/c1-23(2,3)32-22(30)29-19-8-4-6-16(13-19)12-17-7-5-9-20(14-17)31-21-11-10-18(15-28-21)24(25,26)27/h5,7,9-12,14-15,19H,4,6,8,13H2,1-3H3,(H,29,30)/b16-12+/t19-/m1/s1. The number of halogens is 3. The summed E-state index contributed by atoms with van der Waals surface area (Å²) < 4.78 is 49.0. The minimum absolute atomic E-state index is 0.0145. The molecule has 1 aliphatic rings. The Morgan fingerprint density at radius 1 is 1.19 bits per heavy atom. The maximum atomic E-state index is 12.7. The van der Waals surface area contributed by atoms with Crippen molar-refractivity contribution in [3.63, 3.8) is 0 Å². The van der Waals surface area contributed by atoms with Gasteiger partial charge in [-0.15, -0.1) is 0 Å². The predicted molar refractivity (Wildman–Crippen MR) is 115 cm³/mol. The third-order valence-corrected chi connectivity index (χ3v) is 4.79. The Labute approximate surface area is 185 Å². The lowest BCUT2D eigenvalue weighted by Crippen LogP contribution is -2.40. The number of ether oxygens (including phenoxy) is 2. The summed E-state index contributed by atoms with van der Waals surface area (Å²) in [6.07, 6.45) is 1.45. The zero-order chi connectivity index (χ0) is 23.4. The molecule has 1 saturated carbocycles. The fourth-order valence-corrected chi connectivity index (χ4v) is 3.46. The molecule has 1 fully saturated rings. The molecule has 5 nitrogen and oxygen atoms in total. The van der Waals surface area contributed by atoms with E-state index in [1.807, 2.05) is 32.9 Å². The lowest BCUT2D eigenvalue weighted by Gasteiger charge is -2.27. The minimum atomic E-state index is -4.44. The smallest absolute Gasteiger partial charge is 0.417 e. The second kappa shape index (κ2) is 9.63. The van der Waals surface area contributed by atoms with Crippen LogP contribution in [0.5, 0.6) is 11.6 Å². The van der Waals surface area contributed by atoms with Gasteiger partial charge >= 0.3 is 12.3 Å². The number of amides is 1. The molecular weight excluding hydrogens is 421 g/mol. The summed E-state index contributed by atoms with van der Waals surface area (Å²) >= 11 is 0.